The van der Waals surface area contributed by atoms with Crippen molar-refractivity contribution >= 4 is 0 Å². The van der Waals surface area contributed by atoms with E-state index in [1.807, 2.05) is 13.8 Å². The van der Waals surface area contributed by atoms with Gasteiger partial charge in [-0.3, -0.25) is 0 Å². The van der Waals surface area contributed by atoms with E-state index >= 15 is 0 Å². The van der Waals surface area contributed by atoms with Crippen molar-refractivity contribution in [2.45, 2.75) is 59.3 Å². The molecule has 1 N–H and O–H groups in total. The Labute approximate surface area is 100 Å². The van der Waals surface area contributed by atoms with Crippen LogP contribution in [0.3, 0.4) is 0 Å². The Morgan fingerprint density at radius 2 is 2.00 bits per heavy atom. The Morgan fingerprint density at radius 3 is 2.50 bits per heavy atom. The number of rotatable bonds is 8. The van der Waals surface area contributed by atoms with E-state index < -0.39 is 0 Å². The molecule has 16 heavy (non-hydrogen) atoms. The summed E-state index contributed by atoms with van der Waals surface area (Å²) < 4.78 is 0. The van der Waals surface area contributed by atoms with Gasteiger partial charge in [-0.2, -0.15) is 5.26 Å². The first kappa shape index (κ1) is 13.5. The first-order valence-corrected chi connectivity index (χ1v) is 6.66. The number of unbranched alkanes of at least 4 members (excludes halogenated alkanes) is 1. The summed E-state index contributed by atoms with van der Waals surface area (Å²) >= 11 is 0. The predicted octanol–water partition coefficient (Wildman–Crippen LogP) is 3.49. The normalized spacial score (nSPS) is 18.1. The van der Waals surface area contributed by atoms with Crippen molar-refractivity contribution in [1.82, 2.24) is 5.32 Å². The molecule has 0 spiro atoms. The molecule has 0 saturated heterocycles. The van der Waals surface area contributed by atoms with E-state index in [9.17, 15) is 0 Å². The molecule has 0 aromatic rings. The van der Waals surface area contributed by atoms with Crippen molar-refractivity contribution < 1.29 is 0 Å². The van der Waals surface area contributed by atoms with E-state index in [-0.39, 0.29) is 5.41 Å². The molecule has 1 fully saturated rings. The van der Waals surface area contributed by atoms with Gasteiger partial charge in [0, 0.05) is 6.54 Å². The molecule has 1 saturated carbocycles. The molecule has 0 aliphatic heterocycles. The molecule has 1 rings (SSSR count). The number of hydrogen-bond donors (Lipinski definition) is 1. The molecule has 2 heteroatoms. The number of hydrogen-bond acceptors (Lipinski definition) is 2. The lowest BCUT2D eigenvalue weighted by Crippen LogP contribution is -2.24. The lowest BCUT2D eigenvalue weighted by Gasteiger charge is -2.16. The van der Waals surface area contributed by atoms with Gasteiger partial charge in [-0.1, -0.05) is 13.3 Å². The van der Waals surface area contributed by atoms with Gasteiger partial charge in [-0.25, -0.2) is 0 Å². The molecule has 0 atom stereocenters. The van der Waals surface area contributed by atoms with Gasteiger partial charge in [0.25, 0.3) is 0 Å². The third kappa shape index (κ3) is 4.53. The van der Waals surface area contributed by atoms with Crippen molar-refractivity contribution in [2.24, 2.45) is 10.8 Å². The molecule has 1 aliphatic rings. The summed E-state index contributed by atoms with van der Waals surface area (Å²) in [6, 6.07) is 2.36. The van der Waals surface area contributed by atoms with Crippen LogP contribution >= 0.6 is 0 Å². The second-order valence-electron chi connectivity index (χ2n) is 5.98. The molecule has 0 unspecified atom stereocenters. The van der Waals surface area contributed by atoms with Crippen molar-refractivity contribution in [3.63, 3.8) is 0 Å². The van der Waals surface area contributed by atoms with Crippen molar-refractivity contribution in [3.8, 4) is 6.07 Å². The van der Waals surface area contributed by atoms with E-state index in [0.717, 1.165) is 19.4 Å². The van der Waals surface area contributed by atoms with Gasteiger partial charge in [0.05, 0.1) is 11.5 Å². The van der Waals surface area contributed by atoms with Gasteiger partial charge < -0.3 is 5.32 Å². The summed E-state index contributed by atoms with van der Waals surface area (Å²) in [7, 11) is 0. The minimum atomic E-state index is -0.138. The zero-order valence-corrected chi connectivity index (χ0v) is 11.1. The number of nitrogens with one attached hydrogen (secondary N) is 1. The summed E-state index contributed by atoms with van der Waals surface area (Å²) in [6.07, 6.45) is 7.53. The second-order valence-corrected chi connectivity index (χ2v) is 5.98. The highest BCUT2D eigenvalue weighted by atomic mass is 14.9. The van der Waals surface area contributed by atoms with E-state index in [0.29, 0.717) is 5.41 Å². The lowest BCUT2D eigenvalue weighted by molar-refractivity contribution is 0.406. The van der Waals surface area contributed by atoms with Crippen LogP contribution in [0.25, 0.3) is 0 Å². The third-order valence-electron chi connectivity index (χ3n) is 3.92. The highest BCUT2D eigenvalue weighted by molar-refractivity contribution is 4.93. The van der Waals surface area contributed by atoms with Crippen LogP contribution in [-0.2, 0) is 0 Å². The third-order valence-corrected chi connectivity index (χ3v) is 3.92. The van der Waals surface area contributed by atoms with Crippen LogP contribution in [0.2, 0.25) is 0 Å². The first-order chi connectivity index (χ1) is 7.54. The van der Waals surface area contributed by atoms with Gasteiger partial charge in [0.15, 0.2) is 0 Å². The number of nitriles is 1. The van der Waals surface area contributed by atoms with E-state index in [4.69, 9.17) is 5.26 Å². The van der Waals surface area contributed by atoms with Crippen LogP contribution < -0.4 is 5.32 Å². The molecule has 0 amide bonds. The van der Waals surface area contributed by atoms with E-state index in [1.165, 1.54) is 32.2 Å². The second kappa shape index (κ2) is 5.68. The number of nitrogens with zero attached hydrogens (tertiary/aromatic N) is 1. The van der Waals surface area contributed by atoms with E-state index in [1.54, 1.807) is 0 Å². The SMILES string of the molecule is CCC1(CNCCCCC(C)(C)C#N)CC1. The quantitative estimate of drug-likeness (QED) is 0.638. The molecule has 92 valence electrons. The average molecular weight is 222 g/mol. The van der Waals surface area contributed by atoms with Gasteiger partial charge in [-0.05, 0) is 57.9 Å². The molecule has 0 heterocycles. The Morgan fingerprint density at radius 1 is 1.31 bits per heavy atom. The summed E-state index contributed by atoms with van der Waals surface area (Å²) in [5.41, 5.74) is 0.521. The highest BCUT2D eigenvalue weighted by Crippen LogP contribution is 2.47. The maximum atomic E-state index is 8.88. The average Bonchev–Trinajstić information content (AvgIpc) is 3.04. The minimum absolute atomic E-state index is 0.138. The highest BCUT2D eigenvalue weighted by Gasteiger charge is 2.39. The van der Waals surface area contributed by atoms with Crippen molar-refractivity contribution in [3.05, 3.63) is 0 Å². The smallest absolute Gasteiger partial charge is 0.0683 e. The van der Waals surface area contributed by atoms with Gasteiger partial charge in [0.1, 0.15) is 0 Å². The monoisotopic (exact) mass is 222 g/mol. The summed E-state index contributed by atoms with van der Waals surface area (Å²) in [4.78, 5) is 0. The minimum Gasteiger partial charge on any atom is -0.316 e. The maximum absolute atomic E-state index is 8.88. The molecule has 0 aromatic carbocycles. The van der Waals surface area contributed by atoms with Crippen LogP contribution in [-0.4, -0.2) is 13.1 Å². The van der Waals surface area contributed by atoms with Gasteiger partial charge >= 0.3 is 0 Å². The van der Waals surface area contributed by atoms with Crippen LogP contribution in [0.5, 0.6) is 0 Å². The molecule has 0 aromatic heterocycles. The molecule has 0 radical (unpaired) electrons. The predicted molar refractivity (Wildman–Crippen MR) is 68.1 cm³/mol. The maximum Gasteiger partial charge on any atom is 0.0683 e. The van der Waals surface area contributed by atoms with E-state index in [2.05, 4.69) is 18.3 Å². The van der Waals surface area contributed by atoms with Crippen molar-refractivity contribution in [2.75, 3.05) is 13.1 Å². The summed E-state index contributed by atoms with van der Waals surface area (Å²) in [5.74, 6) is 0. The fourth-order valence-corrected chi connectivity index (χ4v) is 2.06. The topological polar surface area (TPSA) is 35.8 Å². The summed E-state index contributed by atoms with van der Waals surface area (Å²) in [6.45, 7) is 8.66. The molecular weight excluding hydrogens is 196 g/mol. The van der Waals surface area contributed by atoms with Crippen molar-refractivity contribution in [1.29, 1.82) is 5.26 Å². The zero-order valence-electron chi connectivity index (χ0n) is 11.1. The first-order valence-electron chi connectivity index (χ1n) is 6.66. The molecular formula is C14H26N2. The largest absolute Gasteiger partial charge is 0.316 e. The Balaban J connectivity index is 1.95. The Hall–Kier alpha value is -0.550. The van der Waals surface area contributed by atoms with Gasteiger partial charge in [0.2, 0.25) is 0 Å². The Bertz CT molecular complexity index is 246. The van der Waals surface area contributed by atoms with Crippen LogP contribution in [0, 0.1) is 22.2 Å². The fourth-order valence-electron chi connectivity index (χ4n) is 2.06. The summed E-state index contributed by atoms with van der Waals surface area (Å²) in [5, 5.41) is 12.4. The van der Waals surface area contributed by atoms with Crippen LogP contribution in [0.4, 0.5) is 0 Å². The lowest BCUT2D eigenvalue weighted by atomic mass is 9.89. The molecule has 0 bridgehead atoms. The fraction of sp³-hybridized carbons (Fsp3) is 0.929. The Kier molecular flexibility index (Phi) is 4.80. The standard InChI is InChI=1S/C14H26N2/c1-4-14(8-9-14)12-16-10-6-5-7-13(2,3)11-15/h16H,4-10,12H2,1-3H3. The molecule has 2 nitrogen and oxygen atoms in total. The molecule has 1 aliphatic carbocycles. The van der Waals surface area contributed by atoms with Crippen LogP contribution in [0.1, 0.15) is 59.3 Å². The van der Waals surface area contributed by atoms with Gasteiger partial charge in [-0.15, -0.1) is 0 Å². The van der Waals surface area contributed by atoms with Crippen LogP contribution in [0.15, 0.2) is 0 Å². The zero-order chi connectivity index (χ0) is 12.1.